The SMILES string of the molecule is O=C(Cn1nnc(-c2ccsc2)n1)OCc1c(F)cccc1Cl. The summed E-state index contributed by atoms with van der Waals surface area (Å²) in [6.07, 6.45) is 0. The third-order valence-corrected chi connectivity index (χ3v) is 3.98. The van der Waals surface area contributed by atoms with Gasteiger partial charge in [0.15, 0.2) is 6.54 Å². The molecule has 0 N–H and O–H groups in total. The first-order valence-corrected chi connectivity index (χ1v) is 7.84. The molecule has 6 nitrogen and oxygen atoms in total. The molecule has 2 heterocycles. The van der Waals surface area contributed by atoms with Crippen LogP contribution in [0.5, 0.6) is 0 Å². The van der Waals surface area contributed by atoms with Gasteiger partial charge >= 0.3 is 5.97 Å². The van der Waals surface area contributed by atoms with E-state index in [9.17, 15) is 9.18 Å². The van der Waals surface area contributed by atoms with Crippen molar-refractivity contribution < 1.29 is 13.9 Å². The molecule has 0 spiro atoms. The fraction of sp³-hybridized carbons (Fsp3) is 0.143. The Morgan fingerprint density at radius 1 is 1.39 bits per heavy atom. The molecule has 0 fully saturated rings. The molecule has 3 rings (SSSR count). The van der Waals surface area contributed by atoms with Crippen LogP contribution in [0.3, 0.4) is 0 Å². The highest BCUT2D eigenvalue weighted by Crippen LogP contribution is 2.20. The van der Waals surface area contributed by atoms with Gasteiger partial charge in [-0.1, -0.05) is 17.7 Å². The number of tetrazole rings is 1. The molecule has 0 radical (unpaired) electrons. The molecule has 1 aromatic carbocycles. The highest BCUT2D eigenvalue weighted by molar-refractivity contribution is 7.08. The van der Waals surface area contributed by atoms with Gasteiger partial charge in [-0.25, -0.2) is 9.18 Å². The van der Waals surface area contributed by atoms with Crippen LogP contribution in [-0.2, 0) is 22.7 Å². The van der Waals surface area contributed by atoms with Crippen LogP contribution in [-0.4, -0.2) is 26.2 Å². The van der Waals surface area contributed by atoms with Crippen molar-refractivity contribution in [3.8, 4) is 11.4 Å². The van der Waals surface area contributed by atoms with Gasteiger partial charge in [0.25, 0.3) is 0 Å². The number of carbonyl (C=O) groups is 1. The zero-order valence-corrected chi connectivity index (χ0v) is 13.2. The smallest absolute Gasteiger partial charge is 0.330 e. The lowest BCUT2D eigenvalue weighted by molar-refractivity contribution is -0.146. The predicted octanol–water partition coefficient (Wildman–Crippen LogP) is 2.94. The molecule has 9 heteroatoms. The summed E-state index contributed by atoms with van der Waals surface area (Å²) < 4.78 is 18.6. The van der Waals surface area contributed by atoms with Gasteiger partial charge < -0.3 is 4.74 Å². The number of nitrogens with zero attached hydrogens (tertiary/aromatic N) is 4. The molecule has 0 unspecified atom stereocenters. The molecule has 3 aromatic rings. The van der Waals surface area contributed by atoms with E-state index < -0.39 is 11.8 Å². The number of hydrogen-bond donors (Lipinski definition) is 0. The highest BCUT2D eigenvalue weighted by Gasteiger charge is 2.13. The van der Waals surface area contributed by atoms with Crippen molar-refractivity contribution in [2.24, 2.45) is 0 Å². The summed E-state index contributed by atoms with van der Waals surface area (Å²) in [6, 6.07) is 6.11. The third kappa shape index (κ3) is 3.72. The Morgan fingerprint density at radius 2 is 2.26 bits per heavy atom. The van der Waals surface area contributed by atoms with Crippen molar-refractivity contribution in [3.05, 3.63) is 51.4 Å². The molecule has 0 saturated heterocycles. The molecular formula is C14H10ClFN4O2S. The number of thiophene rings is 1. The number of carbonyl (C=O) groups excluding carboxylic acids is 1. The summed E-state index contributed by atoms with van der Waals surface area (Å²) in [5, 5.41) is 15.7. The normalized spacial score (nSPS) is 10.7. The number of aromatic nitrogens is 4. The minimum absolute atomic E-state index is 0.132. The Balaban J connectivity index is 1.60. The number of hydrogen-bond acceptors (Lipinski definition) is 6. The van der Waals surface area contributed by atoms with Crippen LogP contribution in [0.4, 0.5) is 4.39 Å². The summed E-state index contributed by atoms with van der Waals surface area (Å²) in [5.41, 5.74) is 0.959. The molecule has 0 amide bonds. The van der Waals surface area contributed by atoms with Crippen molar-refractivity contribution in [2.75, 3.05) is 0 Å². The van der Waals surface area contributed by atoms with Crippen molar-refractivity contribution in [1.82, 2.24) is 20.2 Å². The topological polar surface area (TPSA) is 69.9 Å². The van der Waals surface area contributed by atoms with Crippen LogP contribution in [0.15, 0.2) is 35.0 Å². The van der Waals surface area contributed by atoms with Gasteiger partial charge in [-0.05, 0) is 28.8 Å². The van der Waals surface area contributed by atoms with Gasteiger partial charge in [-0.3, -0.25) is 0 Å². The average molecular weight is 353 g/mol. The van der Waals surface area contributed by atoms with E-state index in [1.165, 1.54) is 29.5 Å². The summed E-state index contributed by atoms with van der Waals surface area (Å²) in [5.74, 6) is -0.710. The Bertz CT molecular complexity index is 802. The number of rotatable bonds is 5. The second-order valence-electron chi connectivity index (χ2n) is 4.52. The van der Waals surface area contributed by atoms with Gasteiger partial charge in [0, 0.05) is 16.5 Å². The molecular weight excluding hydrogens is 343 g/mol. The Morgan fingerprint density at radius 3 is 3.00 bits per heavy atom. The lowest BCUT2D eigenvalue weighted by Crippen LogP contribution is -2.16. The van der Waals surface area contributed by atoms with Crippen LogP contribution in [0.1, 0.15) is 5.56 Å². The largest absolute Gasteiger partial charge is 0.459 e. The van der Waals surface area contributed by atoms with E-state index in [1.807, 2.05) is 16.8 Å². The number of halogens is 2. The summed E-state index contributed by atoms with van der Waals surface area (Å²) in [7, 11) is 0. The number of benzene rings is 1. The standard InChI is InChI=1S/C14H10ClFN4O2S/c15-11-2-1-3-12(16)10(11)7-22-13(21)6-20-18-14(17-19-20)9-4-5-23-8-9/h1-5,8H,6-7H2. The van der Waals surface area contributed by atoms with Crippen LogP contribution < -0.4 is 0 Å². The van der Waals surface area contributed by atoms with Gasteiger partial charge in [-0.2, -0.15) is 16.1 Å². The van der Waals surface area contributed by atoms with Crippen molar-refractivity contribution in [3.63, 3.8) is 0 Å². The lowest BCUT2D eigenvalue weighted by atomic mass is 10.2. The van der Waals surface area contributed by atoms with Crippen molar-refractivity contribution in [2.45, 2.75) is 13.2 Å². The predicted molar refractivity (Wildman–Crippen MR) is 82.3 cm³/mol. The lowest BCUT2D eigenvalue weighted by Gasteiger charge is -2.07. The summed E-state index contributed by atoms with van der Waals surface area (Å²) in [4.78, 5) is 12.9. The Labute approximate surface area is 139 Å². The highest BCUT2D eigenvalue weighted by atomic mass is 35.5. The average Bonchev–Trinajstić information content (AvgIpc) is 3.17. The zero-order valence-electron chi connectivity index (χ0n) is 11.6. The third-order valence-electron chi connectivity index (χ3n) is 2.94. The molecule has 0 atom stereocenters. The van der Waals surface area contributed by atoms with Crippen molar-refractivity contribution >= 4 is 28.9 Å². The maximum absolute atomic E-state index is 13.6. The molecule has 23 heavy (non-hydrogen) atoms. The molecule has 0 aliphatic carbocycles. The van der Waals surface area contributed by atoms with E-state index in [0.717, 1.165) is 10.4 Å². The van der Waals surface area contributed by atoms with Crippen LogP contribution in [0, 0.1) is 5.82 Å². The summed E-state index contributed by atoms with van der Waals surface area (Å²) >= 11 is 7.37. The van der Waals surface area contributed by atoms with Crippen LogP contribution >= 0.6 is 22.9 Å². The van der Waals surface area contributed by atoms with E-state index in [1.54, 1.807) is 0 Å². The maximum atomic E-state index is 13.6. The van der Waals surface area contributed by atoms with Gasteiger partial charge in [0.1, 0.15) is 12.4 Å². The van der Waals surface area contributed by atoms with Gasteiger partial charge in [-0.15, -0.1) is 10.2 Å². The summed E-state index contributed by atoms with van der Waals surface area (Å²) in [6.45, 7) is -0.473. The molecule has 0 saturated carbocycles. The van der Waals surface area contributed by atoms with E-state index in [4.69, 9.17) is 16.3 Å². The molecule has 0 aliphatic rings. The zero-order chi connectivity index (χ0) is 16.2. The van der Waals surface area contributed by atoms with Gasteiger partial charge in [0.05, 0.1) is 5.02 Å². The first-order chi connectivity index (χ1) is 11.1. The van der Waals surface area contributed by atoms with Crippen molar-refractivity contribution in [1.29, 1.82) is 0 Å². The van der Waals surface area contributed by atoms with E-state index in [0.29, 0.717) is 5.82 Å². The number of esters is 1. The maximum Gasteiger partial charge on any atom is 0.330 e. The van der Waals surface area contributed by atoms with Crippen LogP contribution in [0.2, 0.25) is 5.02 Å². The second-order valence-corrected chi connectivity index (χ2v) is 5.70. The Hall–Kier alpha value is -2.32. The van der Waals surface area contributed by atoms with E-state index >= 15 is 0 Å². The fourth-order valence-electron chi connectivity index (χ4n) is 1.80. The van der Waals surface area contributed by atoms with Crippen LogP contribution in [0.25, 0.3) is 11.4 Å². The van der Waals surface area contributed by atoms with E-state index in [2.05, 4.69) is 15.4 Å². The first-order valence-electron chi connectivity index (χ1n) is 6.52. The molecule has 2 aromatic heterocycles. The number of ether oxygens (including phenoxy) is 1. The second kappa shape index (κ2) is 6.84. The molecule has 0 bridgehead atoms. The molecule has 118 valence electrons. The molecule has 0 aliphatic heterocycles. The monoisotopic (exact) mass is 352 g/mol. The van der Waals surface area contributed by atoms with E-state index in [-0.39, 0.29) is 23.7 Å². The van der Waals surface area contributed by atoms with Gasteiger partial charge in [0.2, 0.25) is 5.82 Å². The fourth-order valence-corrected chi connectivity index (χ4v) is 2.65. The minimum atomic E-state index is -0.612. The first kappa shape index (κ1) is 15.6. The quantitative estimate of drug-likeness (QED) is 0.660. The minimum Gasteiger partial charge on any atom is -0.459 e. The Kier molecular flexibility index (Phi) is 4.63.